The zero-order valence-corrected chi connectivity index (χ0v) is 16.5. The Morgan fingerprint density at radius 2 is 1.96 bits per heavy atom. The standard InChI is InChI=1S/C22H26FN3O/c1-14-10-20-19(15(2)12-22(3,4)26(20)5)11-17(14)13-24-25-21(27)16-6-8-18(23)9-7-16/h6-11,13,15H,12H2,1-5H3,(H,25,27)/b24-13-/t15-/m0/s1. The van der Waals surface area contributed by atoms with Gasteiger partial charge in [0.1, 0.15) is 5.82 Å². The van der Waals surface area contributed by atoms with E-state index in [4.69, 9.17) is 0 Å². The highest BCUT2D eigenvalue weighted by molar-refractivity contribution is 5.95. The van der Waals surface area contributed by atoms with Crippen LogP contribution in [0.5, 0.6) is 0 Å². The number of halogens is 1. The van der Waals surface area contributed by atoms with Crippen molar-refractivity contribution in [2.75, 3.05) is 11.9 Å². The zero-order chi connectivity index (χ0) is 19.8. The second kappa shape index (κ2) is 7.14. The van der Waals surface area contributed by atoms with Gasteiger partial charge in [-0.25, -0.2) is 9.82 Å². The molecule has 0 saturated carbocycles. The van der Waals surface area contributed by atoms with Crippen molar-refractivity contribution in [1.29, 1.82) is 0 Å². The molecular weight excluding hydrogens is 341 g/mol. The van der Waals surface area contributed by atoms with E-state index in [-0.39, 0.29) is 17.3 Å². The Labute approximate surface area is 160 Å². The maximum absolute atomic E-state index is 12.9. The van der Waals surface area contributed by atoms with E-state index in [0.29, 0.717) is 11.5 Å². The van der Waals surface area contributed by atoms with Crippen molar-refractivity contribution in [2.24, 2.45) is 5.10 Å². The van der Waals surface area contributed by atoms with E-state index in [9.17, 15) is 9.18 Å². The molecule has 2 aromatic carbocycles. The van der Waals surface area contributed by atoms with Gasteiger partial charge in [-0.3, -0.25) is 4.79 Å². The van der Waals surface area contributed by atoms with Crippen LogP contribution in [0.25, 0.3) is 0 Å². The summed E-state index contributed by atoms with van der Waals surface area (Å²) in [6.07, 6.45) is 2.75. The van der Waals surface area contributed by atoms with Crippen LogP contribution in [0.4, 0.5) is 10.1 Å². The number of anilines is 1. The van der Waals surface area contributed by atoms with Gasteiger partial charge in [-0.05, 0) is 86.2 Å². The third-order valence-corrected chi connectivity index (χ3v) is 5.50. The van der Waals surface area contributed by atoms with Crippen LogP contribution in [0, 0.1) is 12.7 Å². The van der Waals surface area contributed by atoms with Crippen LogP contribution < -0.4 is 10.3 Å². The lowest BCUT2D eigenvalue weighted by Crippen LogP contribution is -2.45. The van der Waals surface area contributed by atoms with Gasteiger partial charge in [0.15, 0.2) is 0 Å². The van der Waals surface area contributed by atoms with E-state index in [2.05, 4.69) is 55.4 Å². The molecule has 0 aliphatic carbocycles. The van der Waals surface area contributed by atoms with Crippen LogP contribution in [0.1, 0.15) is 60.2 Å². The molecule has 1 heterocycles. The fraction of sp³-hybridized carbons (Fsp3) is 0.364. The first-order valence-electron chi connectivity index (χ1n) is 9.16. The first-order valence-corrected chi connectivity index (χ1v) is 9.16. The Bertz CT molecular complexity index is 887. The van der Waals surface area contributed by atoms with Crippen molar-refractivity contribution in [3.8, 4) is 0 Å². The lowest BCUT2D eigenvalue weighted by atomic mass is 9.79. The average Bonchev–Trinajstić information content (AvgIpc) is 2.61. The third kappa shape index (κ3) is 3.87. The third-order valence-electron chi connectivity index (χ3n) is 5.50. The minimum Gasteiger partial charge on any atom is -0.369 e. The molecule has 1 atom stereocenters. The van der Waals surface area contributed by atoms with Crippen molar-refractivity contribution in [3.63, 3.8) is 0 Å². The number of benzene rings is 2. The summed E-state index contributed by atoms with van der Waals surface area (Å²) < 4.78 is 12.9. The Balaban J connectivity index is 1.80. The van der Waals surface area contributed by atoms with Crippen LogP contribution in [-0.4, -0.2) is 24.7 Å². The Hall–Kier alpha value is -2.69. The minimum atomic E-state index is -0.373. The number of carbonyl (C=O) groups is 1. The number of hydrazone groups is 1. The average molecular weight is 367 g/mol. The number of aryl methyl sites for hydroxylation is 1. The molecule has 0 unspecified atom stereocenters. The summed E-state index contributed by atoms with van der Waals surface area (Å²) in [6.45, 7) is 8.83. The van der Waals surface area contributed by atoms with Gasteiger partial charge in [-0.15, -0.1) is 0 Å². The van der Waals surface area contributed by atoms with Crippen LogP contribution in [-0.2, 0) is 0 Å². The van der Waals surface area contributed by atoms with E-state index in [0.717, 1.165) is 17.5 Å². The van der Waals surface area contributed by atoms with Gasteiger partial charge >= 0.3 is 0 Å². The van der Waals surface area contributed by atoms with E-state index in [1.54, 1.807) is 6.21 Å². The molecule has 0 spiro atoms. The second-order valence-corrected chi connectivity index (χ2v) is 7.95. The Morgan fingerprint density at radius 3 is 2.63 bits per heavy atom. The molecule has 0 radical (unpaired) electrons. The number of amides is 1. The second-order valence-electron chi connectivity index (χ2n) is 7.95. The molecule has 0 fully saturated rings. The maximum atomic E-state index is 12.9. The van der Waals surface area contributed by atoms with Crippen molar-refractivity contribution < 1.29 is 9.18 Å². The van der Waals surface area contributed by atoms with E-state index in [1.807, 2.05) is 6.92 Å². The summed E-state index contributed by atoms with van der Waals surface area (Å²) >= 11 is 0. The topological polar surface area (TPSA) is 44.7 Å². The summed E-state index contributed by atoms with van der Waals surface area (Å²) in [7, 11) is 2.14. The fourth-order valence-corrected chi connectivity index (χ4v) is 3.70. The van der Waals surface area contributed by atoms with Gasteiger partial charge in [0.05, 0.1) is 6.21 Å². The van der Waals surface area contributed by atoms with Crippen molar-refractivity contribution >= 4 is 17.8 Å². The summed E-state index contributed by atoms with van der Waals surface area (Å²) in [5.74, 6) is -0.286. The van der Waals surface area contributed by atoms with Gasteiger partial charge < -0.3 is 4.90 Å². The highest BCUT2D eigenvalue weighted by Gasteiger charge is 2.34. The first kappa shape index (κ1) is 19.1. The molecule has 1 amide bonds. The number of hydrogen-bond acceptors (Lipinski definition) is 3. The number of nitrogens with one attached hydrogen (secondary N) is 1. The fourth-order valence-electron chi connectivity index (χ4n) is 3.70. The molecule has 0 bridgehead atoms. The van der Waals surface area contributed by atoms with Crippen molar-refractivity contribution in [3.05, 3.63) is 64.5 Å². The highest BCUT2D eigenvalue weighted by atomic mass is 19.1. The minimum absolute atomic E-state index is 0.123. The van der Waals surface area contributed by atoms with Gasteiger partial charge in [0.25, 0.3) is 5.91 Å². The number of nitrogens with zero attached hydrogens (tertiary/aromatic N) is 2. The van der Waals surface area contributed by atoms with Crippen molar-refractivity contribution in [2.45, 2.75) is 45.6 Å². The largest absolute Gasteiger partial charge is 0.369 e. The Morgan fingerprint density at radius 1 is 1.30 bits per heavy atom. The lowest BCUT2D eigenvalue weighted by Gasteiger charge is -2.45. The summed E-state index contributed by atoms with van der Waals surface area (Å²) in [4.78, 5) is 14.4. The molecule has 1 N–H and O–H groups in total. The summed E-state index contributed by atoms with van der Waals surface area (Å²) in [5.41, 5.74) is 7.63. The van der Waals surface area contributed by atoms with E-state index in [1.165, 1.54) is 35.5 Å². The predicted octanol–water partition coefficient (Wildman–Crippen LogP) is 4.62. The summed E-state index contributed by atoms with van der Waals surface area (Å²) in [5, 5.41) is 4.09. The van der Waals surface area contributed by atoms with Gasteiger partial charge in [-0.1, -0.05) is 6.92 Å². The van der Waals surface area contributed by atoms with Crippen LogP contribution in [0.2, 0.25) is 0 Å². The molecule has 142 valence electrons. The monoisotopic (exact) mass is 367 g/mol. The molecule has 5 heteroatoms. The first-order chi connectivity index (χ1) is 12.7. The number of fused-ring (bicyclic) bond motifs is 1. The van der Waals surface area contributed by atoms with Gasteiger partial charge in [0.2, 0.25) is 0 Å². The maximum Gasteiger partial charge on any atom is 0.271 e. The predicted molar refractivity (Wildman–Crippen MR) is 108 cm³/mol. The number of rotatable bonds is 3. The number of hydrogen-bond donors (Lipinski definition) is 1. The molecule has 0 aromatic heterocycles. The molecule has 3 rings (SSSR count). The Kier molecular flexibility index (Phi) is 5.05. The van der Waals surface area contributed by atoms with Crippen LogP contribution >= 0.6 is 0 Å². The molecule has 0 saturated heterocycles. The SMILES string of the molecule is Cc1cc2c(cc1/C=N\NC(=O)c1ccc(F)cc1)[C@@H](C)CC(C)(C)N2C. The quantitative estimate of drug-likeness (QED) is 0.635. The van der Waals surface area contributed by atoms with Crippen molar-refractivity contribution in [1.82, 2.24) is 5.43 Å². The van der Waals surface area contributed by atoms with Crippen LogP contribution in [0.3, 0.4) is 0 Å². The highest BCUT2D eigenvalue weighted by Crippen LogP contribution is 2.43. The smallest absolute Gasteiger partial charge is 0.271 e. The van der Waals surface area contributed by atoms with E-state index >= 15 is 0 Å². The van der Waals surface area contributed by atoms with Gasteiger partial charge in [0, 0.05) is 23.8 Å². The van der Waals surface area contributed by atoms with Crippen LogP contribution in [0.15, 0.2) is 41.5 Å². The molecule has 27 heavy (non-hydrogen) atoms. The summed E-state index contributed by atoms with van der Waals surface area (Å²) in [6, 6.07) is 9.73. The molecule has 1 aliphatic rings. The number of carbonyl (C=O) groups excluding carboxylic acids is 1. The molecule has 4 nitrogen and oxygen atoms in total. The molecule has 2 aromatic rings. The van der Waals surface area contributed by atoms with Gasteiger partial charge in [-0.2, -0.15) is 5.10 Å². The molecular formula is C22H26FN3O. The molecule has 1 aliphatic heterocycles. The zero-order valence-electron chi connectivity index (χ0n) is 16.5. The van der Waals surface area contributed by atoms with E-state index < -0.39 is 0 Å². The lowest BCUT2D eigenvalue weighted by molar-refractivity contribution is 0.0955. The normalized spacial score (nSPS) is 18.4.